The summed E-state index contributed by atoms with van der Waals surface area (Å²) in [4.78, 5) is 9.36. The summed E-state index contributed by atoms with van der Waals surface area (Å²) in [6, 6.07) is 34.1. The van der Waals surface area contributed by atoms with Crippen LogP contribution in [0.3, 0.4) is 0 Å². The molecule has 0 amide bonds. The molecular formula is C56H60N4O4+2. The van der Waals surface area contributed by atoms with Crippen molar-refractivity contribution < 1.29 is 28.7 Å². The van der Waals surface area contributed by atoms with Gasteiger partial charge in [-0.25, -0.2) is 0 Å². The van der Waals surface area contributed by atoms with Gasteiger partial charge in [-0.05, 0) is 93.0 Å². The number of ether oxygens (including phenoxy) is 2. The van der Waals surface area contributed by atoms with Crippen molar-refractivity contribution in [3.63, 3.8) is 0 Å². The second-order valence-electron chi connectivity index (χ2n) is 19.6. The quantitative estimate of drug-likeness (QED) is 0.0724. The first-order valence-electron chi connectivity index (χ1n) is 23.4. The zero-order chi connectivity index (χ0) is 43.7. The van der Waals surface area contributed by atoms with Gasteiger partial charge in [-0.15, -0.1) is 13.2 Å². The van der Waals surface area contributed by atoms with Crippen molar-refractivity contribution in [1.82, 2.24) is 9.97 Å². The number of hydrogen-bond acceptors (Lipinski definition) is 6. The van der Waals surface area contributed by atoms with E-state index in [1.165, 1.54) is 32.7 Å². The average Bonchev–Trinajstić information content (AvgIpc) is 3.36. The normalized spacial score (nSPS) is 28.4. The van der Waals surface area contributed by atoms with Crippen LogP contribution >= 0.6 is 0 Å². The highest BCUT2D eigenvalue weighted by molar-refractivity contribution is 6.05. The van der Waals surface area contributed by atoms with Gasteiger partial charge < -0.3 is 28.7 Å². The topological polar surface area (TPSA) is 84.7 Å². The molecule has 6 saturated heterocycles. The van der Waals surface area contributed by atoms with Crippen LogP contribution in [0.15, 0.2) is 135 Å². The Kier molecular flexibility index (Phi) is 10.3. The van der Waals surface area contributed by atoms with Gasteiger partial charge in [0.15, 0.2) is 0 Å². The SMILES string of the molecule is C=C[C@H]1C[N@+]2(Cc3c4ccccc4c(C[N@@+]45CC[C@@H](C[C@@H]4[C@H](O)c4ccnc6ccc(OC)cc46)[C@@H](C=C)C5)c4ccccc34)CC[C@H]1C[C@@H]2[C@H](O)c1ccnc2ccc(OC)cc12. The largest absolute Gasteiger partial charge is 0.497 e. The molecule has 8 nitrogen and oxygen atoms in total. The molecule has 7 aromatic rings. The third-order valence-corrected chi connectivity index (χ3v) is 16.8. The van der Waals surface area contributed by atoms with Crippen LogP contribution in [0.25, 0.3) is 43.4 Å². The van der Waals surface area contributed by atoms with Gasteiger partial charge in [0.2, 0.25) is 0 Å². The van der Waals surface area contributed by atoms with E-state index in [0.29, 0.717) is 23.7 Å². The van der Waals surface area contributed by atoms with E-state index < -0.39 is 12.2 Å². The number of hydrogen-bond donors (Lipinski definition) is 2. The summed E-state index contributed by atoms with van der Waals surface area (Å²) in [6.07, 6.45) is 10.8. The monoisotopic (exact) mass is 852 g/mol. The number of nitrogens with zero attached hydrogens (tertiary/aromatic N) is 4. The van der Waals surface area contributed by atoms with Gasteiger partial charge in [0.25, 0.3) is 0 Å². The minimum absolute atomic E-state index is 0.000695. The zero-order valence-corrected chi connectivity index (χ0v) is 37.2. The van der Waals surface area contributed by atoms with Crippen LogP contribution in [0.5, 0.6) is 11.5 Å². The molecule has 64 heavy (non-hydrogen) atoms. The van der Waals surface area contributed by atoms with E-state index >= 15 is 0 Å². The van der Waals surface area contributed by atoms with E-state index in [2.05, 4.69) is 83.8 Å². The number of rotatable bonds is 12. The number of methoxy groups -OCH3 is 2. The number of fused-ring (bicyclic) bond motifs is 10. The maximum Gasteiger partial charge on any atom is 0.131 e. The van der Waals surface area contributed by atoms with Crippen LogP contribution in [0, 0.1) is 23.7 Å². The van der Waals surface area contributed by atoms with Crippen LogP contribution in [-0.2, 0) is 13.1 Å². The number of quaternary nitrogens is 2. The molecule has 6 aliphatic heterocycles. The van der Waals surface area contributed by atoms with Gasteiger partial charge in [-0.3, -0.25) is 9.97 Å². The lowest BCUT2D eigenvalue weighted by Crippen LogP contribution is -2.67. The Bertz CT molecular complexity index is 2700. The molecule has 0 aliphatic carbocycles. The highest BCUT2D eigenvalue weighted by atomic mass is 16.5. The van der Waals surface area contributed by atoms with Crippen molar-refractivity contribution in [2.45, 2.75) is 63.1 Å². The van der Waals surface area contributed by atoms with Crippen molar-refractivity contribution in [3.8, 4) is 11.5 Å². The van der Waals surface area contributed by atoms with Gasteiger partial charge in [0, 0.05) is 71.8 Å². The molecule has 10 atom stereocenters. The third kappa shape index (κ3) is 6.55. The van der Waals surface area contributed by atoms with Gasteiger partial charge >= 0.3 is 0 Å². The maximum atomic E-state index is 12.8. The predicted molar refractivity (Wildman–Crippen MR) is 256 cm³/mol. The molecule has 6 fully saturated rings. The molecule has 2 N–H and O–H groups in total. The minimum atomic E-state index is -0.680. The summed E-state index contributed by atoms with van der Waals surface area (Å²) in [6.45, 7) is 14.3. The summed E-state index contributed by atoms with van der Waals surface area (Å²) < 4.78 is 12.9. The molecule has 8 heteroatoms. The van der Waals surface area contributed by atoms with Crippen LogP contribution in [0.1, 0.15) is 60.1 Å². The number of aliphatic hydroxyl groups excluding tert-OH is 2. The first-order chi connectivity index (χ1) is 31.3. The predicted octanol–water partition coefficient (Wildman–Crippen LogP) is 10.4. The first-order valence-corrected chi connectivity index (χ1v) is 23.4. The van der Waals surface area contributed by atoms with E-state index in [-0.39, 0.29) is 12.1 Å². The number of pyridine rings is 2. The van der Waals surface area contributed by atoms with Gasteiger partial charge in [0.05, 0.1) is 51.4 Å². The fourth-order valence-corrected chi connectivity index (χ4v) is 13.5. The molecule has 8 heterocycles. The Morgan fingerprint density at radius 2 is 1.00 bits per heavy atom. The lowest BCUT2D eigenvalue weighted by molar-refractivity contribution is -0.984. The van der Waals surface area contributed by atoms with E-state index in [1.54, 1.807) is 14.2 Å². The molecule has 4 bridgehead atoms. The van der Waals surface area contributed by atoms with E-state index in [0.717, 1.165) is 118 Å². The van der Waals surface area contributed by atoms with Gasteiger partial charge in [-0.2, -0.15) is 0 Å². The van der Waals surface area contributed by atoms with Crippen molar-refractivity contribution in [3.05, 3.63) is 157 Å². The van der Waals surface area contributed by atoms with E-state index in [1.807, 2.05) is 60.9 Å². The fraction of sp³-hybridized carbons (Fsp3) is 0.357. The first kappa shape index (κ1) is 41.1. The second kappa shape index (κ2) is 16.1. The van der Waals surface area contributed by atoms with Crippen LogP contribution < -0.4 is 9.47 Å². The molecule has 326 valence electrons. The Labute approximate surface area is 376 Å². The molecule has 0 spiro atoms. The fourth-order valence-electron chi connectivity index (χ4n) is 13.5. The minimum Gasteiger partial charge on any atom is -0.497 e. The van der Waals surface area contributed by atoms with Gasteiger partial charge in [-0.1, -0.05) is 60.7 Å². The smallest absolute Gasteiger partial charge is 0.131 e. The lowest BCUT2D eigenvalue weighted by Gasteiger charge is -2.58. The van der Waals surface area contributed by atoms with Gasteiger partial charge in [0.1, 0.15) is 48.9 Å². The highest BCUT2D eigenvalue weighted by Crippen LogP contribution is 2.52. The summed E-state index contributed by atoms with van der Waals surface area (Å²) in [5, 5.41) is 32.6. The van der Waals surface area contributed by atoms with Crippen molar-refractivity contribution in [2.75, 3.05) is 40.4 Å². The molecule has 0 saturated carbocycles. The molecule has 13 rings (SSSR count). The van der Waals surface area contributed by atoms with Crippen molar-refractivity contribution in [2.24, 2.45) is 23.7 Å². The summed E-state index contributed by atoms with van der Waals surface area (Å²) in [5.74, 6) is 3.29. The second-order valence-corrected chi connectivity index (χ2v) is 19.6. The number of benzene rings is 5. The van der Waals surface area contributed by atoms with Crippen molar-refractivity contribution >= 4 is 43.4 Å². The number of piperidine rings is 6. The van der Waals surface area contributed by atoms with Crippen LogP contribution in [0.2, 0.25) is 0 Å². The molecule has 0 radical (unpaired) electrons. The molecular weight excluding hydrogens is 793 g/mol. The molecule has 2 aromatic heterocycles. The average molecular weight is 853 g/mol. The van der Waals surface area contributed by atoms with E-state index in [9.17, 15) is 10.2 Å². The summed E-state index contributed by atoms with van der Waals surface area (Å²) in [5.41, 5.74) is 6.28. The standard InChI is InChI=1S/C56H60N4O4/c1-5-35-31-59(25-21-37(35)27-53(59)55(61)45-19-23-57-51-17-15-39(63-3)29-47(45)51)33-49-41-11-7-9-13-43(41)50(44-14-10-8-12-42(44)49)34-60-26-22-38(36(6-2)32-60)28-54(60)56(62)46-20-24-58-52-18-16-40(64-4)30-48(46)52/h5-20,23-24,29-30,35-38,53-56,61-62H,1-2,21-22,25-28,31-34H2,3-4H3/q+2/t35-,36-,37-,38-,53+,54+,55+,56+,59-,60-/m0/s1. The zero-order valence-electron chi connectivity index (χ0n) is 37.2. The Morgan fingerprint density at radius 3 is 1.38 bits per heavy atom. The summed E-state index contributed by atoms with van der Waals surface area (Å²) in [7, 11) is 3.38. The molecule has 6 aliphatic rings. The molecule has 5 aromatic carbocycles. The number of aromatic nitrogens is 2. The molecule has 0 unspecified atom stereocenters. The van der Waals surface area contributed by atoms with Crippen LogP contribution in [0.4, 0.5) is 0 Å². The van der Waals surface area contributed by atoms with E-state index in [4.69, 9.17) is 9.47 Å². The van der Waals surface area contributed by atoms with Crippen molar-refractivity contribution in [1.29, 1.82) is 0 Å². The third-order valence-electron chi connectivity index (χ3n) is 16.8. The van der Waals surface area contributed by atoms with Crippen LogP contribution in [-0.4, -0.2) is 81.6 Å². The summed E-state index contributed by atoms with van der Waals surface area (Å²) >= 11 is 0. The Hall–Kier alpha value is -5.64. The Morgan fingerprint density at radius 1 is 0.594 bits per heavy atom. The lowest BCUT2D eigenvalue weighted by atomic mass is 9.70. The number of aliphatic hydroxyl groups is 2. The highest BCUT2D eigenvalue weighted by Gasteiger charge is 2.56. The maximum absolute atomic E-state index is 12.8. The Balaban J connectivity index is 1.03.